The van der Waals surface area contributed by atoms with Crippen molar-refractivity contribution in [3.8, 4) is 0 Å². The van der Waals surface area contributed by atoms with Gasteiger partial charge in [0.1, 0.15) is 6.54 Å². The molecule has 0 unspecified atom stereocenters. The summed E-state index contributed by atoms with van der Waals surface area (Å²) in [5, 5.41) is 6.69. The van der Waals surface area contributed by atoms with Crippen molar-refractivity contribution in [2.75, 3.05) is 10.0 Å². The van der Waals surface area contributed by atoms with E-state index in [1.165, 1.54) is 28.9 Å². The second-order valence-corrected chi connectivity index (χ2v) is 8.61. The quantitative estimate of drug-likeness (QED) is 0.578. The van der Waals surface area contributed by atoms with Crippen LogP contribution in [-0.4, -0.2) is 34.1 Å². The SMILES string of the molecule is Cc1cc(C)nc(NS(=O)(=O)c2ccc(NC(=O)Cn3cc(Br)cn3)cc2)n1. The maximum absolute atomic E-state index is 12.5. The molecule has 0 saturated heterocycles. The second-order valence-electron chi connectivity index (χ2n) is 6.01. The number of sulfonamides is 1. The van der Waals surface area contributed by atoms with Gasteiger partial charge in [-0.25, -0.2) is 23.1 Å². The van der Waals surface area contributed by atoms with Crippen LogP contribution < -0.4 is 10.0 Å². The number of halogens is 1. The van der Waals surface area contributed by atoms with E-state index in [1.54, 1.807) is 32.3 Å². The summed E-state index contributed by atoms with van der Waals surface area (Å²) in [6, 6.07) is 7.55. The zero-order valence-electron chi connectivity index (χ0n) is 15.0. The Labute approximate surface area is 170 Å². The lowest BCUT2D eigenvalue weighted by molar-refractivity contribution is -0.116. The molecule has 3 aromatic rings. The monoisotopic (exact) mass is 464 g/mol. The van der Waals surface area contributed by atoms with Crippen LogP contribution in [0.25, 0.3) is 0 Å². The van der Waals surface area contributed by atoms with Crippen LogP contribution in [0.15, 0.2) is 52.1 Å². The summed E-state index contributed by atoms with van der Waals surface area (Å²) in [4.78, 5) is 20.2. The molecule has 2 heterocycles. The number of carbonyl (C=O) groups is 1. The fourth-order valence-corrected chi connectivity index (χ4v) is 3.71. The van der Waals surface area contributed by atoms with Gasteiger partial charge in [-0.15, -0.1) is 0 Å². The molecule has 11 heteroatoms. The number of aryl methyl sites for hydroxylation is 2. The lowest BCUT2D eigenvalue weighted by Crippen LogP contribution is -2.19. The average molecular weight is 465 g/mol. The number of benzene rings is 1. The molecule has 0 spiro atoms. The Kier molecular flexibility index (Phi) is 5.75. The van der Waals surface area contributed by atoms with Crippen molar-refractivity contribution in [2.24, 2.45) is 0 Å². The zero-order valence-corrected chi connectivity index (χ0v) is 17.5. The van der Waals surface area contributed by atoms with Gasteiger partial charge in [-0.1, -0.05) is 0 Å². The first-order valence-electron chi connectivity index (χ1n) is 8.14. The van der Waals surface area contributed by atoms with Crippen LogP contribution in [0.3, 0.4) is 0 Å². The second kappa shape index (κ2) is 8.07. The Morgan fingerprint density at radius 2 is 1.79 bits per heavy atom. The highest BCUT2D eigenvalue weighted by molar-refractivity contribution is 9.10. The predicted molar refractivity (Wildman–Crippen MR) is 107 cm³/mol. The van der Waals surface area contributed by atoms with E-state index in [1.807, 2.05) is 0 Å². The summed E-state index contributed by atoms with van der Waals surface area (Å²) < 4.78 is 29.6. The molecule has 0 aliphatic carbocycles. The highest BCUT2D eigenvalue weighted by atomic mass is 79.9. The Morgan fingerprint density at radius 3 is 2.36 bits per heavy atom. The Balaban J connectivity index is 1.67. The van der Waals surface area contributed by atoms with Crippen molar-refractivity contribution in [3.63, 3.8) is 0 Å². The molecule has 146 valence electrons. The van der Waals surface area contributed by atoms with Gasteiger partial charge in [0.05, 0.1) is 15.6 Å². The van der Waals surface area contributed by atoms with E-state index in [4.69, 9.17) is 0 Å². The minimum Gasteiger partial charge on any atom is -0.324 e. The summed E-state index contributed by atoms with van der Waals surface area (Å²) >= 11 is 3.26. The fourth-order valence-electron chi connectivity index (χ4n) is 2.44. The molecule has 9 nitrogen and oxygen atoms in total. The summed E-state index contributed by atoms with van der Waals surface area (Å²) in [5.74, 6) is -0.270. The van der Waals surface area contributed by atoms with Gasteiger partial charge in [0.2, 0.25) is 11.9 Å². The standard InChI is InChI=1S/C17H17BrN6O3S/c1-11-7-12(2)21-17(20-11)23-28(26,27)15-5-3-14(4-6-15)22-16(25)10-24-9-13(18)8-19-24/h3-9H,10H2,1-2H3,(H,22,25)(H,20,21,23). The third kappa shape index (κ3) is 5.14. The van der Waals surface area contributed by atoms with E-state index >= 15 is 0 Å². The van der Waals surface area contributed by atoms with Gasteiger partial charge >= 0.3 is 0 Å². The molecule has 2 N–H and O–H groups in total. The first-order chi connectivity index (χ1) is 13.2. The Bertz CT molecular complexity index is 1090. The van der Waals surface area contributed by atoms with Gasteiger partial charge in [-0.2, -0.15) is 5.10 Å². The van der Waals surface area contributed by atoms with Crippen molar-refractivity contribution < 1.29 is 13.2 Å². The van der Waals surface area contributed by atoms with Crippen LogP contribution in [0.5, 0.6) is 0 Å². The molecular formula is C17H17BrN6O3S. The zero-order chi connectivity index (χ0) is 20.3. The van der Waals surface area contributed by atoms with Crippen LogP contribution >= 0.6 is 15.9 Å². The molecule has 1 amide bonds. The maximum atomic E-state index is 12.5. The van der Waals surface area contributed by atoms with Crippen LogP contribution in [0.4, 0.5) is 11.6 Å². The van der Waals surface area contributed by atoms with Crippen LogP contribution in [0.1, 0.15) is 11.4 Å². The summed E-state index contributed by atoms with van der Waals surface area (Å²) in [6.07, 6.45) is 3.26. The third-order valence-corrected chi connectivity index (χ3v) is 5.32. The number of carbonyl (C=O) groups excluding carboxylic acids is 1. The Hall–Kier alpha value is -2.79. The summed E-state index contributed by atoms with van der Waals surface area (Å²) in [7, 11) is -3.84. The number of rotatable bonds is 6. The number of amides is 1. The van der Waals surface area contributed by atoms with Crippen molar-refractivity contribution in [1.82, 2.24) is 19.7 Å². The molecular weight excluding hydrogens is 448 g/mol. The first kappa shape index (κ1) is 20.0. The number of hydrogen-bond acceptors (Lipinski definition) is 6. The molecule has 3 rings (SSSR count). The van der Waals surface area contributed by atoms with Gasteiger partial charge < -0.3 is 5.32 Å². The summed E-state index contributed by atoms with van der Waals surface area (Å²) in [6.45, 7) is 3.55. The Morgan fingerprint density at radius 1 is 1.14 bits per heavy atom. The maximum Gasteiger partial charge on any atom is 0.264 e. The molecule has 0 atom stereocenters. The molecule has 0 saturated carbocycles. The lowest BCUT2D eigenvalue weighted by Gasteiger charge is -2.09. The van der Waals surface area contributed by atoms with Gasteiger partial charge in [0, 0.05) is 23.3 Å². The van der Waals surface area contributed by atoms with Gasteiger partial charge in [0.15, 0.2) is 0 Å². The van der Waals surface area contributed by atoms with Crippen molar-refractivity contribution >= 4 is 43.5 Å². The van der Waals surface area contributed by atoms with E-state index in [9.17, 15) is 13.2 Å². The van der Waals surface area contributed by atoms with Crippen LogP contribution in [-0.2, 0) is 21.4 Å². The normalized spacial score (nSPS) is 11.2. The molecule has 1 aromatic carbocycles. The van der Waals surface area contributed by atoms with Crippen molar-refractivity contribution in [3.05, 3.63) is 58.6 Å². The number of anilines is 2. The smallest absolute Gasteiger partial charge is 0.264 e. The molecule has 0 radical (unpaired) electrons. The molecule has 0 aliphatic rings. The van der Waals surface area contributed by atoms with Gasteiger partial charge in [0.25, 0.3) is 10.0 Å². The molecule has 28 heavy (non-hydrogen) atoms. The number of aromatic nitrogens is 4. The summed E-state index contributed by atoms with van der Waals surface area (Å²) in [5.41, 5.74) is 1.79. The van der Waals surface area contributed by atoms with Gasteiger partial charge in [-0.3, -0.25) is 9.48 Å². The third-order valence-electron chi connectivity index (χ3n) is 3.56. The minimum absolute atomic E-state index is 0.0141. The van der Waals surface area contributed by atoms with E-state index in [0.717, 1.165) is 4.47 Å². The predicted octanol–water partition coefficient (Wildman–Crippen LogP) is 2.49. The fraction of sp³-hybridized carbons (Fsp3) is 0.176. The lowest BCUT2D eigenvalue weighted by atomic mass is 10.3. The van der Waals surface area contributed by atoms with Crippen molar-refractivity contribution in [2.45, 2.75) is 25.3 Å². The molecule has 0 aliphatic heterocycles. The highest BCUT2D eigenvalue weighted by Crippen LogP contribution is 2.17. The van der Waals surface area contributed by atoms with Gasteiger partial charge in [-0.05, 0) is 60.1 Å². The molecule has 0 fully saturated rings. The number of nitrogens with one attached hydrogen (secondary N) is 2. The topological polar surface area (TPSA) is 119 Å². The average Bonchev–Trinajstić information content (AvgIpc) is 2.98. The molecule has 2 aromatic heterocycles. The van der Waals surface area contributed by atoms with E-state index in [0.29, 0.717) is 17.1 Å². The van der Waals surface area contributed by atoms with E-state index < -0.39 is 10.0 Å². The number of nitrogens with zero attached hydrogens (tertiary/aromatic N) is 4. The minimum atomic E-state index is -3.84. The first-order valence-corrected chi connectivity index (χ1v) is 10.4. The largest absolute Gasteiger partial charge is 0.324 e. The van der Waals surface area contributed by atoms with E-state index in [-0.39, 0.29) is 23.3 Å². The molecule has 0 bridgehead atoms. The van der Waals surface area contributed by atoms with Crippen LogP contribution in [0, 0.1) is 13.8 Å². The van der Waals surface area contributed by atoms with E-state index in [2.05, 4.69) is 41.0 Å². The van der Waals surface area contributed by atoms with Crippen molar-refractivity contribution in [1.29, 1.82) is 0 Å². The van der Waals surface area contributed by atoms with Crippen LogP contribution in [0.2, 0.25) is 0 Å². The highest BCUT2D eigenvalue weighted by Gasteiger charge is 2.16. The number of hydrogen-bond donors (Lipinski definition) is 2.